The number of aliphatic hydroxyl groups is 3. The third-order valence-corrected chi connectivity index (χ3v) is 2.63. The van der Waals surface area contributed by atoms with Gasteiger partial charge in [0.25, 0.3) is 5.69 Å². The van der Waals surface area contributed by atoms with E-state index in [1.54, 1.807) is 0 Å². The minimum atomic E-state index is -1.28. The lowest BCUT2D eigenvalue weighted by Crippen LogP contribution is -2.19. The fourth-order valence-corrected chi connectivity index (χ4v) is 1.65. The van der Waals surface area contributed by atoms with E-state index in [0.29, 0.717) is 0 Å². The monoisotopic (exact) mass is 261 g/mol. The molecule has 0 bridgehead atoms. The summed E-state index contributed by atoms with van der Waals surface area (Å²) in [7, 11) is 0. The average Bonchev–Trinajstić information content (AvgIpc) is 2.28. The van der Waals surface area contributed by atoms with Gasteiger partial charge in [0, 0.05) is 24.3 Å². The van der Waals surface area contributed by atoms with Crippen molar-refractivity contribution in [2.75, 3.05) is 6.61 Å². The molecule has 0 amide bonds. The molecule has 17 heavy (non-hydrogen) atoms. The zero-order valence-corrected chi connectivity index (χ0v) is 9.54. The van der Waals surface area contributed by atoms with Gasteiger partial charge in [-0.25, -0.2) is 0 Å². The van der Waals surface area contributed by atoms with Gasteiger partial charge in [0.05, 0.1) is 16.0 Å². The van der Waals surface area contributed by atoms with Gasteiger partial charge in [-0.2, -0.15) is 0 Å². The minimum absolute atomic E-state index is 0.00342. The number of non-ortho nitro benzene ring substituents is 1. The van der Waals surface area contributed by atoms with Crippen molar-refractivity contribution >= 4 is 17.3 Å². The van der Waals surface area contributed by atoms with Gasteiger partial charge >= 0.3 is 0 Å². The molecular formula is C10H12ClNO5. The molecule has 6 nitrogen and oxygen atoms in total. The molecule has 1 rings (SSSR count). The second-order valence-corrected chi connectivity index (χ2v) is 3.89. The Kier molecular flexibility index (Phi) is 4.83. The Morgan fingerprint density at radius 2 is 2.06 bits per heavy atom. The molecule has 1 aromatic rings. The molecule has 0 saturated carbocycles. The highest BCUT2D eigenvalue weighted by atomic mass is 35.5. The van der Waals surface area contributed by atoms with Crippen molar-refractivity contribution in [3.05, 3.63) is 38.9 Å². The third kappa shape index (κ3) is 3.37. The van der Waals surface area contributed by atoms with Crippen LogP contribution in [0.1, 0.15) is 18.1 Å². The van der Waals surface area contributed by atoms with Crippen LogP contribution in [0.25, 0.3) is 0 Å². The molecule has 3 N–H and O–H groups in total. The van der Waals surface area contributed by atoms with Gasteiger partial charge in [-0.1, -0.05) is 11.6 Å². The van der Waals surface area contributed by atoms with Gasteiger partial charge in [0.2, 0.25) is 0 Å². The molecule has 94 valence electrons. The Labute approximate surface area is 102 Å². The highest BCUT2D eigenvalue weighted by Crippen LogP contribution is 2.29. The summed E-state index contributed by atoms with van der Waals surface area (Å²) in [5.74, 6) is 0. The summed E-state index contributed by atoms with van der Waals surface area (Å²) in [5.41, 5.74) is 0.000754. The predicted molar refractivity (Wildman–Crippen MR) is 60.8 cm³/mol. The van der Waals surface area contributed by atoms with Crippen LogP contribution in [-0.4, -0.2) is 33.0 Å². The Balaban J connectivity index is 2.95. The van der Waals surface area contributed by atoms with Crippen molar-refractivity contribution in [3.63, 3.8) is 0 Å². The van der Waals surface area contributed by atoms with Crippen molar-refractivity contribution in [1.29, 1.82) is 0 Å². The molecule has 0 heterocycles. The lowest BCUT2D eigenvalue weighted by Gasteiger charge is -2.18. The zero-order chi connectivity index (χ0) is 13.0. The molecule has 0 saturated heterocycles. The predicted octanol–water partition coefficient (Wildman–Crippen LogP) is 1.02. The Bertz CT molecular complexity index is 412. The minimum Gasteiger partial charge on any atom is -0.396 e. The Morgan fingerprint density at radius 3 is 2.53 bits per heavy atom. The second kappa shape index (κ2) is 5.92. The van der Waals surface area contributed by atoms with Crippen molar-refractivity contribution in [2.24, 2.45) is 0 Å². The van der Waals surface area contributed by atoms with E-state index in [2.05, 4.69) is 0 Å². The maximum atomic E-state index is 10.5. The summed E-state index contributed by atoms with van der Waals surface area (Å²) >= 11 is 5.77. The molecule has 2 unspecified atom stereocenters. The van der Waals surface area contributed by atoms with E-state index in [0.717, 1.165) is 6.07 Å². The number of hydrogen-bond donors (Lipinski definition) is 3. The second-order valence-electron chi connectivity index (χ2n) is 3.49. The van der Waals surface area contributed by atoms with Gasteiger partial charge in [-0.15, -0.1) is 0 Å². The lowest BCUT2D eigenvalue weighted by atomic mass is 10.0. The summed E-state index contributed by atoms with van der Waals surface area (Å²) in [5, 5.41) is 38.3. The SMILES string of the molecule is O=[N+]([O-])c1ccc(C(O)C(O)CCO)c(Cl)c1. The van der Waals surface area contributed by atoms with Crippen LogP contribution in [0.2, 0.25) is 5.02 Å². The topological polar surface area (TPSA) is 104 Å². The van der Waals surface area contributed by atoms with E-state index in [4.69, 9.17) is 16.7 Å². The van der Waals surface area contributed by atoms with E-state index >= 15 is 0 Å². The van der Waals surface area contributed by atoms with Crippen molar-refractivity contribution < 1.29 is 20.2 Å². The van der Waals surface area contributed by atoms with Gasteiger partial charge in [-0.3, -0.25) is 10.1 Å². The lowest BCUT2D eigenvalue weighted by molar-refractivity contribution is -0.384. The van der Waals surface area contributed by atoms with Crippen molar-refractivity contribution in [1.82, 2.24) is 0 Å². The number of halogens is 1. The highest BCUT2D eigenvalue weighted by Gasteiger charge is 2.21. The Hall–Kier alpha value is -1.21. The van der Waals surface area contributed by atoms with Gasteiger partial charge in [0.1, 0.15) is 6.10 Å². The van der Waals surface area contributed by atoms with E-state index < -0.39 is 17.1 Å². The number of benzene rings is 1. The molecule has 2 atom stereocenters. The van der Waals surface area contributed by atoms with Crippen LogP contribution in [0.5, 0.6) is 0 Å². The highest BCUT2D eigenvalue weighted by molar-refractivity contribution is 6.31. The molecular weight excluding hydrogens is 250 g/mol. The molecule has 7 heteroatoms. The molecule has 0 aliphatic heterocycles. The summed E-state index contributed by atoms with van der Waals surface area (Å²) in [6.07, 6.45) is -2.46. The van der Waals surface area contributed by atoms with Gasteiger partial charge in [-0.05, 0) is 12.5 Å². The summed E-state index contributed by atoms with van der Waals surface area (Å²) in [6.45, 7) is -0.275. The molecule has 0 fully saturated rings. The summed E-state index contributed by atoms with van der Waals surface area (Å²) in [6, 6.07) is 3.58. The largest absolute Gasteiger partial charge is 0.396 e. The van der Waals surface area contributed by atoms with E-state index in [1.807, 2.05) is 0 Å². The van der Waals surface area contributed by atoms with E-state index in [-0.39, 0.29) is 29.3 Å². The van der Waals surface area contributed by atoms with Crippen LogP contribution < -0.4 is 0 Å². The molecule has 0 aromatic heterocycles. The number of nitro benzene ring substituents is 1. The number of hydrogen-bond acceptors (Lipinski definition) is 5. The first-order valence-electron chi connectivity index (χ1n) is 4.88. The zero-order valence-electron chi connectivity index (χ0n) is 8.78. The number of rotatable bonds is 5. The molecule has 0 spiro atoms. The fraction of sp³-hybridized carbons (Fsp3) is 0.400. The number of nitro groups is 1. The molecule has 0 aliphatic rings. The third-order valence-electron chi connectivity index (χ3n) is 2.30. The number of aliphatic hydroxyl groups excluding tert-OH is 3. The molecule has 0 aliphatic carbocycles. The number of nitrogens with zero attached hydrogens (tertiary/aromatic N) is 1. The maximum Gasteiger partial charge on any atom is 0.270 e. The van der Waals surface area contributed by atoms with Crippen LogP contribution in [0.3, 0.4) is 0 Å². The maximum absolute atomic E-state index is 10.5. The molecule has 1 aromatic carbocycles. The van der Waals surface area contributed by atoms with E-state index in [9.17, 15) is 20.3 Å². The van der Waals surface area contributed by atoms with Crippen LogP contribution in [0.15, 0.2) is 18.2 Å². The van der Waals surface area contributed by atoms with E-state index in [1.165, 1.54) is 12.1 Å². The van der Waals surface area contributed by atoms with Gasteiger partial charge < -0.3 is 15.3 Å². The smallest absolute Gasteiger partial charge is 0.270 e. The average molecular weight is 262 g/mol. The van der Waals surface area contributed by atoms with Crippen LogP contribution in [-0.2, 0) is 0 Å². The normalized spacial score (nSPS) is 14.4. The van der Waals surface area contributed by atoms with Crippen molar-refractivity contribution in [2.45, 2.75) is 18.6 Å². The van der Waals surface area contributed by atoms with Crippen LogP contribution >= 0.6 is 11.6 Å². The quantitative estimate of drug-likeness (QED) is 0.542. The van der Waals surface area contributed by atoms with Crippen LogP contribution in [0, 0.1) is 10.1 Å². The fourth-order valence-electron chi connectivity index (χ4n) is 1.37. The molecule has 0 radical (unpaired) electrons. The first kappa shape index (κ1) is 13.9. The first-order valence-corrected chi connectivity index (χ1v) is 5.26. The summed E-state index contributed by atoms with van der Waals surface area (Å²) in [4.78, 5) is 9.87. The van der Waals surface area contributed by atoms with Crippen molar-refractivity contribution in [3.8, 4) is 0 Å². The Morgan fingerprint density at radius 1 is 1.41 bits per heavy atom. The standard InChI is InChI=1S/C10H12ClNO5/c11-8-5-6(12(16)17)1-2-7(8)10(15)9(14)3-4-13/h1-2,5,9-10,13-15H,3-4H2. The first-order chi connectivity index (χ1) is 7.97. The summed E-state index contributed by atoms with van der Waals surface area (Å²) < 4.78 is 0. The van der Waals surface area contributed by atoms with Gasteiger partial charge in [0.15, 0.2) is 0 Å². The van der Waals surface area contributed by atoms with Crippen LogP contribution in [0.4, 0.5) is 5.69 Å².